The van der Waals surface area contributed by atoms with Gasteiger partial charge in [-0.1, -0.05) is 0 Å². The predicted octanol–water partition coefficient (Wildman–Crippen LogP) is -0.216. The molecule has 0 unspecified atom stereocenters. The van der Waals surface area contributed by atoms with E-state index in [0.29, 0.717) is 11.3 Å². The van der Waals surface area contributed by atoms with Gasteiger partial charge in [-0.05, 0) is 0 Å². The van der Waals surface area contributed by atoms with Crippen molar-refractivity contribution in [2.75, 3.05) is 0 Å². The summed E-state index contributed by atoms with van der Waals surface area (Å²) in [5, 5.41) is 20.9. The summed E-state index contributed by atoms with van der Waals surface area (Å²) >= 11 is 0. The van der Waals surface area contributed by atoms with Crippen LogP contribution in [0.4, 0.5) is 0 Å². The number of aryl methyl sites for hydroxylation is 1. The average molecular weight is 137 g/mol. The molecule has 0 aromatic carbocycles. The number of nitriles is 1. The molecule has 52 valence electrons. The lowest BCUT2D eigenvalue weighted by Crippen LogP contribution is -1.86. The molecule has 1 rings (SSSR count). The van der Waals surface area contributed by atoms with Gasteiger partial charge in [-0.15, -0.1) is 0 Å². The maximum absolute atomic E-state index is 8.66. The smallest absolute Gasteiger partial charge is 0.167 e. The highest BCUT2D eigenvalue weighted by molar-refractivity contribution is 5.27. The van der Waals surface area contributed by atoms with Crippen molar-refractivity contribution in [1.82, 2.24) is 9.78 Å². The molecule has 0 amide bonds. The number of nitrogens with zero attached hydrogens (tertiary/aromatic N) is 3. The third-order valence-electron chi connectivity index (χ3n) is 1.18. The van der Waals surface area contributed by atoms with Crippen LogP contribution in [0.25, 0.3) is 0 Å². The first-order valence-electron chi connectivity index (χ1n) is 2.81. The third kappa shape index (κ3) is 0.993. The maximum Gasteiger partial charge on any atom is 0.167 e. The zero-order valence-corrected chi connectivity index (χ0v) is 5.57. The molecule has 0 spiro atoms. The van der Waals surface area contributed by atoms with E-state index >= 15 is 0 Å². The van der Waals surface area contributed by atoms with Crippen LogP contribution in [0.15, 0.2) is 6.20 Å². The molecule has 0 atom stereocenters. The Bertz CT molecular complexity index is 271. The zero-order chi connectivity index (χ0) is 7.56. The van der Waals surface area contributed by atoms with Gasteiger partial charge in [0.05, 0.1) is 6.61 Å². The van der Waals surface area contributed by atoms with Gasteiger partial charge in [0.15, 0.2) is 5.69 Å². The van der Waals surface area contributed by atoms with Crippen LogP contribution >= 0.6 is 0 Å². The topological polar surface area (TPSA) is 61.8 Å². The van der Waals surface area contributed by atoms with Gasteiger partial charge in [-0.25, -0.2) is 0 Å². The van der Waals surface area contributed by atoms with Crippen LogP contribution in [0.1, 0.15) is 11.3 Å². The van der Waals surface area contributed by atoms with Gasteiger partial charge in [-0.3, -0.25) is 4.68 Å². The Kier molecular flexibility index (Phi) is 1.69. The molecular weight excluding hydrogens is 130 g/mol. The van der Waals surface area contributed by atoms with Crippen molar-refractivity contribution in [2.24, 2.45) is 7.05 Å². The molecule has 0 radical (unpaired) electrons. The normalized spacial score (nSPS) is 9.30. The van der Waals surface area contributed by atoms with Crippen LogP contribution in [0.3, 0.4) is 0 Å². The highest BCUT2D eigenvalue weighted by atomic mass is 16.3. The van der Waals surface area contributed by atoms with Gasteiger partial charge >= 0.3 is 0 Å². The molecule has 4 heteroatoms. The standard InChI is InChI=1S/C6H7N3O/c1-9-3-5(4-10)6(2-7)8-9/h3,10H,4H2,1H3. The number of aliphatic hydroxyl groups is 1. The van der Waals surface area contributed by atoms with Crippen LogP contribution < -0.4 is 0 Å². The molecular formula is C6H7N3O. The number of hydrogen-bond donors (Lipinski definition) is 1. The molecule has 0 bridgehead atoms. The fraction of sp³-hybridized carbons (Fsp3) is 0.333. The average Bonchev–Trinajstić information content (AvgIpc) is 2.30. The summed E-state index contributed by atoms with van der Waals surface area (Å²) < 4.78 is 1.50. The first kappa shape index (κ1) is 6.78. The Labute approximate surface area is 58.3 Å². The second kappa shape index (κ2) is 2.50. The minimum absolute atomic E-state index is 0.128. The minimum atomic E-state index is -0.128. The highest BCUT2D eigenvalue weighted by Crippen LogP contribution is 2.02. The fourth-order valence-electron chi connectivity index (χ4n) is 0.747. The Balaban J connectivity index is 3.12. The minimum Gasteiger partial charge on any atom is -0.392 e. The van der Waals surface area contributed by atoms with Gasteiger partial charge in [-0.2, -0.15) is 10.4 Å². The van der Waals surface area contributed by atoms with E-state index in [1.807, 2.05) is 6.07 Å². The molecule has 1 N–H and O–H groups in total. The van der Waals surface area contributed by atoms with Crippen molar-refractivity contribution in [3.8, 4) is 6.07 Å². The van der Waals surface area contributed by atoms with Gasteiger partial charge in [0.1, 0.15) is 6.07 Å². The summed E-state index contributed by atoms with van der Waals surface area (Å²) in [6.45, 7) is -0.128. The van der Waals surface area contributed by atoms with Gasteiger partial charge in [0.2, 0.25) is 0 Å². The van der Waals surface area contributed by atoms with E-state index in [-0.39, 0.29) is 6.61 Å². The Morgan fingerprint density at radius 1 is 1.90 bits per heavy atom. The summed E-state index contributed by atoms with van der Waals surface area (Å²) in [6.07, 6.45) is 1.62. The molecule has 0 saturated carbocycles. The van der Waals surface area contributed by atoms with E-state index in [4.69, 9.17) is 10.4 Å². The highest BCUT2D eigenvalue weighted by Gasteiger charge is 2.03. The van der Waals surface area contributed by atoms with Crippen molar-refractivity contribution >= 4 is 0 Å². The molecule has 4 nitrogen and oxygen atoms in total. The van der Waals surface area contributed by atoms with E-state index in [0.717, 1.165) is 0 Å². The number of aromatic nitrogens is 2. The lowest BCUT2D eigenvalue weighted by molar-refractivity contribution is 0.281. The van der Waals surface area contributed by atoms with E-state index in [9.17, 15) is 0 Å². The molecule has 0 aliphatic carbocycles. The summed E-state index contributed by atoms with van der Waals surface area (Å²) in [5.74, 6) is 0. The van der Waals surface area contributed by atoms with Crippen molar-refractivity contribution in [2.45, 2.75) is 6.61 Å². The largest absolute Gasteiger partial charge is 0.392 e. The van der Waals surface area contributed by atoms with E-state index in [2.05, 4.69) is 5.10 Å². The predicted molar refractivity (Wildman–Crippen MR) is 33.8 cm³/mol. The second-order valence-electron chi connectivity index (χ2n) is 1.95. The van der Waals surface area contributed by atoms with E-state index in [1.165, 1.54) is 4.68 Å². The van der Waals surface area contributed by atoms with Gasteiger partial charge in [0.25, 0.3) is 0 Å². The zero-order valence-electron chi connectivity index (χ0n) is 5.57. The van der Waals surface area contributed by atoms with Crippen LogP contribution in [-0.4, -0.2) is 14.9 Å². The Morgan fingerprint density at radius 2 is 2.60 bits per heavy atom. The molecule has 10 heavy (non-hydrogen) atoms. The molecule has 0 aliphatic heterocycles. The maximum atomic E-state index is 8.66. The summed E-state index contributed by atoms with van der Waals surface area (Å²) in [7, 11) is 1.71. The molecule has 1 aromatic rings. The van der Waals surface area contributed by atoms with Crippen molar-refractivity contribution in [3.05, 3.63) is 17.5 Å². The number of hydrogen-bond acceptors (Lipinski definition) is 3. The first-order chi connectivity index (χ1) is 4.77. The Morgan fingerprint density at radius 3 is 3.00 bits per heavy atom. The Hall–Kier alpha value is -1.34. The summed E-state index contributed by atoms with van der Waals surface area (Å²) in [6, 6.07) is 1.88. The van der Waals surface area contributed by atoms with Crippen molar-refractivity contribution < 1.29 is 5.11 Å². The molecule has 0 fully saturated rings. The summed E-state index contributed by atoms with van der Waals surface area (Å²) in [4.78, 5) is 0. The van der Waals surface area contributed by atoms with E-state index in [1.54, 1.807) is 13.2 Å². The van der Waals surface area contributed by atoms with Gasteiger partial charge < -0.3 is 5.11 Å². The second-order valence-corrected chi connectivity index (χ2v) is 1.95. The molecule has 0 aliphatic rings. The number of aliphatic hydroxyl groups excluding tert-OH is 1. The lowest BCUT2D eigenvalue weighted by Gasteiger charge is -1.83. The monoisotopic (exact) mass is 137 g/mol. The molecule has 0 saturated heterocycles. The lowest BCUT2D eigenvalue weighted by atomic mass is 10.3. The summed E-state index contributed by atoms with van der Waals surface area (Å²) in [5.41, 5.74) is 0.870. The van der Waals surface area contributed by atoms with Crippen molar-refractivity contribution in [1.29, 1.82) is 5.26 Å². The first-order valence-corrected chi connectivity index (χ1v) is 2.81. The van der Waals surface area contributed by atoms with E-state index < -0.39 is 0 Å². The van der Waals surface area contributed by atoms with Crippen LogP contribution in [0.2, 0.25) is 0 Å². The number of rotatable bonds is 1. The van der Waals surface area contributed by atoms with Gasteiger partial charge in [0, 0.05) is 18.8 Å². The third-order valence-corrected chi connectivity index (χ3v) is 1.18. The van der Waals surface area contributed by atoms with Crippen molar-refractivity contribution in [3.63, 3.8) is 0 Å². The molecule has 1 heterocycles. The van der Waals surface area contributed by atoms with Crippen LogP contribution in [0, 0.1) is 11.3 Å². The SMILES string of the molecule is Cn1cc(CO)c(C#N)n1. The molecule has 1 aromatic heterocycles. The van der Waals surface area contributed by atoms with Crippen LogP contribution in [0.5, 0.6) is 0 Å². The fourth-order valence-corrected chi connectivity index (χ4v) is 0.747. The van der Waals surface area contributed by atoms with Crippen LogP contribution in [-0.2, 0) is 13.7 Å². The quantitative estimate of drug-likeness (QED) is 0.582.